The van der Waals surface area contributed by atoms with Gasteiger partial charge >= 0.3 is 0 Å². The molecular weight excluding hydrogens is 380 g/mol. The number of nitrogens with one attached hydrogen (secondary N) is 1. The Morgan fingerprint density at radius 3 is 2.54 bits per heavy atom. The van der Waals surface area contributed by atoms with E-state index in [1.54, 1.807) is 32.4 Å². The standard InChI is InChI=1S/C21H25ClN2O4/c1-26-19-8-7-15(13-20(19)27-2)21(25)23-14-18(24-9-11-28-12-10-24)16-5-3-4-6-17(16)22/h3-8,13,18H,9-12,14H2,1-2H3,(H,23,25). The maximum absolute atomic E-state index is 12.7. The zero-order valence-corrected chi connectivity index (χ0v) is 16.9. The van der Waals surface area contributed by atoms with E-state index in [2.05, 4.69) is 10.2 Å². The lowest BCUT2D eigenvalue weighted by molar-refractivity contribution is 0.0162. The van der Waals surface area contributed by atoms with Crippen LogP contribution in [0, 0.1) is 0 Å². The molecule has 0 spiro atoms. The Morgan fingerprint density at radius 2 is 1.86 bits per heavy atom. The van der Waals surface area contributed by atoms with Gasteiger partial charge in [-0.15, -0.1) is 0 Å². The van der Waals surface area contributed by atoms with Crippen molar-refractivity contribution in [3.63, 3.8) is 0 Å². The molecule has 3 rings (SSSR count). The van der Waals surface area contributed by atoms with Gasteiger partial charge in [-0.1, -0.05) is 29.8 Å². The van der Waals surface area contributed by atoms with Gasteiger partial charge in [0.15, 0.2) is 11.5 Å². The lowest BCUT2D eigenvalue weighted by atomic mass is 10.0. The van der Waals surface area contributed by atoms with Crippen molar-refractivity contribution in [1.82, 2.24) is 10.2 Å². The van der Waals surface area contributed by atoms with Gasteiger partial charge in [-0.3, -0.25) is 9.69 Å². The van der Waals surface area contributed by atoms with Crippen molar-refractivity contribution in [2.24, 2.45) is 0 Å². The Balaban J connectivity index is 1.76. The highest BCUT2D eigenvalue weighted by Crippen LogP contribution is 2.29. The lowest BCUT2D eigenvalue weighted by Gasteiger charge is -2.35. The van der Waals surface area contributed by atoms with E-state index in [1.807, 2.05) is 24.3 Å². The number of nitrogens with zero attached hydrogens (tertiary/aromatic N) is 1. The second-order valence-electron chi connectivity index (χ2n) is 6.47. The van der Waals surface area contributed by atoms with Crippen molar-refractivity contribution in [3.05, 3.63) is 58.6 Å². The van der Waals surface area contributed by atoms with Gasteiger partial charge in [-0.2, -0.15) is 0 Å². The quantitative estimate of drug-likeness (QED) is 0.768. The Morgan fingerprint density at radius 1 is 1.14 bits per heavy atom. The molecule has 1 N–H and O–H groups in total. The third-order valence-corrected chi connectivity index (χ3v) is 5.20. The van der Waals surface area contributed by atoms with E-state index in [0.717, 1.165) is 18.7 Å². The minimum Gasteiger partial charge on any atom is -0.493 e. The smallest absolute Gasteiger partial charge is 0.251 e. The number of benzene rings is 2. The molecule has 0 bridgehead atoms. The molecule has 7 heteroatoms. The SMILES string of the molecule is COc1ccc(C(=O)NCC(c2ccccc2Cl)N2CCOCC2)cc1OC. The van der Waals surface area contributed by atoms with Gasteiger partial charge in [0.25, 0.3) is 5.91 Å². The fourth-order valence-electron chi connectivity index (χ4n) is 3.34. The number of halogens is 1. The van der Waals surface area contributed by atoms with Crippen molar-refractivity contribution in [3.8, 4) is 11.5 Å². The molecule has 1 atom stereocenters. The Bertz CT molecular complexity index is 809. The molecule has 6 nitrogen and oxygen atoms in total. The number of hydrogen-bond acceptors (Lipinski definition) is 5. The van der Waals surface area contributed by atoms with Crippen LogP contribution in [0.3, 0.4) is 0 Å². The third kappa shape index (κ3) is 4.76. The molecule has 0 radical (unpaired) electrons. The summed E-state index contributed by atoms with van der Waals surface area (Å²) in [7, 11) is 3.11. The minimum atomic E-state index is -0.175. The molecule has 1 aliphatic rings. The molecule has 2 aromatic carbocycles. The summed E-state index contributed by atoms with van der Waals surface area (Å²) in [4.78, 5) is 15.0. The van der Waals surface area contributed by atoms with Gasteiger partial charge in [-0.25, -0.2) is 0 Å². The summed E-state index contributed by atoms with van der Waals surface area (Å²) in [6.45, 7) is 3.37. The molecular formula is C21H25ClN2O4. The molecule has 0 aromatic heterocycles. The van der Waals surface area contributed by atoms with E-state index in [9.17, 15) is 4.79 Å². The lowest BCUT2D eigenvalue weighted by Crippen LogP contribution is -2.44. The van der Waals surface area contributed by atoms with Crippen molar-refractivity contribution >= 4 is 17.5 Å². The first-order chi connectivity index (χ1) is 13.6. The van der Waals surface area contributed by atoms with Crippen LogP contribution in [0.4, 0.5) is 0 Å². The molecule has 1 saturated heterocycles. The topological polar surface area (TPSA) is 60.0 Å². The van der Waals surface area contributed by atoms with E-state index in [0.29, 0.717) is 41.8 Å². The van der Waals surface area contributed by atoms with Crippen LogP contribution in [0.2, 0.25) is 5.02 Å². The monoisotopic (exact) mass is 404 g/mol. The second-order valence-corrected chi connectivity index (χ2v) is 6.87. The number of ether oxygens (including phenoxy) is 3. The molecule has 1 amide bonds. The average Bonchev–Trinajstić information content (AvgIpc) is 2.75. The Kier molecular flexibility index (Phi) is 7.14. The van der Waals surface area contributed by atoms with E-state index < -0.39 is 0 Å². The highest BCUT2D eigenvalue weighted by molar-refractivity contribution is 6.31. The first-order valence-corrected chi connectivity index (χ1v) is 9.58. The van der Waals surface area contributed by atoms with Crippen LogP contribution in [-0.2, 0) is 4.74 Å². The van der Waals surface area contributed by atoms with Crippen molar-refractivity contribution in [2.75, 3.05) is 47.1 Å². The Hall–Kier alpha value is -2.28. The molecule has 1 aliphatic heterocycles. The van der Waals surface area contributed by atoms with E-state index in [1.165, 1.54) is 0 Å². The first-order valence-electron chi connectivity index (χ1n) is 9.20. The summed E-state index contributed by atoms with van der Waals surface area (Å²) in [5.41, 5.74) is 1.51. The zero-order chi connectivity index (χ0) is 19.9. The predicted molar refractivity (Wildman–Crippen MR) is 108 cm³/mol. The summed E-state index contributed by atoms with van der Waals surface area (Å²) < 4.78 is 16.0. The van der Waals surface area contributed by atoms with Gasteiger partial charge < -0.3 is 19.5 Å². The van der Waals surface area contributed by atoms with Crippen LogP contribution in [0.15, 0.2) is 42.5 Å². The maximum atomic E-state index is 12.7. The number of hydrogen-bond donors (Lipinski definition) is 1. The van der Waals surface area contributed by atoms with Gasteiger partial charge in [-0.05, 0) is 29.8 Å². The summed E-state index contributed by atoms with van der Waals surface area (Å²) in [6, 6.07) is 12.8. The largest absolute Gasteiger partial charge is 0.493 e. The first kappa shape index (κ1) is 20.5. The minimum absolute atomic E-state index is 0.0262. The molecule has 28 heavy (non-hydrogen) atoms. The summed E-state index contributed by atoms with van der Waals surface area (Å²) in [6.07, 6.45) is 0. The maximum Gasteiger partial charge on any atom is 0.251 e. The van der Waals surface area contributed by atoms with Gasteiger partial charge in [0.2, 0.25) is 0 Å². The van der Waals surface area contributed by atoms with Crippen LogP contribution < -0.4 is 14.8 Å². The van der Waals surface area contributed by atoms with Gasteiger partial charge in [0, 0.05) is 30.2 Å². The fraction of sp³-hybridized carbons (Fsp3) is 0.381. The molecule has 0 aliphatic carbocycles. The molecule has 150 valence electrons. The molecule has 1 heterocycles. The van der Waals surface area contributed by atoms with Crippen molar-refractivity contribution < 1.29 is 19.0 Å². The van der Waals surface area contributed by atoms with Gasteiger partial charge in [0.05, 0.1) is 33.5 Å². The summed E-state index contributed by atoms with van der Waals surface area (Å²) in [5, 5.41) is 3.73. The molecule has 1 unspecified atom stereocenters. The van der Waals surface area contributed by atoms with Crippen LogP contribution >= 0.6 is 11.6 Å². The van der Waals surface area contributed by atoms with E-state index in [-0.39, 0.29) is 11.9 Å². The van der Waals surface area contributed by atoms with Crippen molar-refractivity contribution in [1.29, 1.82) is 0 Å². The number of carbonyl (C=O) groups excluding carboxylic acids is 1. The second kappa shape index (κ2) is 9.78. The van der Waals surface area contributed by atoms with Crippen LogP contribution in [0.5, 0.6) is 11.5 Å². The number of rotatable bonds is 7. The Labute approximate surface area is 170 Å². The number of carbonyl (C=O) groups is 1. The van der Waals surface area contributed by atoms with E-state index >= 15 is 0 Å². The number of methoxy groups -OCH3 is 2. The normalized spacial score (nSPS) is 15.7. The van der Waals surface area contributed by atoms with Crippen LogP contribution in [0.1, 0.15) is 22.0 Å². The fourth-order valence-corrected chi connectivity index (χ4v) is 3.60. The molecule has 2 aromatic rings. The summed E-state index contributed by atoms with van der Waals surface area (Å²) >= 11 is 6.44. The highest BCUT2D eigenvalue weighted by atomic mass is 35.5. The molecule has 1 fully saturated rings. The average molecular weight is 405 g/mol. The van der Waals surface area contributed by atoms with E-state index in [4.69, 9.17) is 25.8 Å². The van der Waals surface area contributed by atoms with Crippen molar-refractivity contribution in [2.45, 2.75) is 6.04 Å². The highest BCUT2D eigenvalue weighted by Gasteiger charge is 2.25. The molecule has 0 saturated carbocycles. The third-order valence-electron chi connectivity index (χ3n) is 4.85. The van der Waals surface area contributed by atoms with Crippen LogP contribution in [0.25, 0.3) is 0 Å². The number of morpholine rings is 1. The number of amides is 1. The van der Waals surface area contributed by atoms with Crippen LogP contribution in [-0.4, -0.2) is 57.9 Å². The zero-order valence-electron chi connectivity index (χ0n) is 16.1. The van der Waals surface area contributed by atoms with Gasteiger partial charge in [0.1, 0.15) is 0 Å². The summed E-state index contributed by atoms with van der Waals surface area (Å²) in [5.74, 6) is 0.929. The predicted octanol–water partition coefficient (Wildman–Crippen LogP) is 3.16.